The molecule has 230 valence electrons. The Morgan fingerprint density at radius 2 is 1.72 bits per heavy atom. The molecule has 0 bridgehead atoms. The molecule has 1 fully saturated rings. The van der Waals surface area contributed by atoms with Gasteiger partial charge in [0, 0.05) is 34.3 Å². The standard InChI is InChI=1S/C34H26N4O6S2/c1-2-44-33(42)20-12-14-22(15-13-20)38-30(40)27-26(21-9-6-16-35-17-21)29-32(45-28(27)31(38)41)37(34(43)46-29)18-25(39)36-24-11-5-8-19-7-3-4-10-23(19)24/h3-17,26-28H,2,18H2,1H3,(H,36,39). The molecular weight excluding hydrogens is 625 g/mol. The smallest absolute Gasteiger partial charge is 0.338 e. The average Bonchev–Trinajstić information content (AvgIpc) is 3.51. The van der Waals surface area contributed by atoms with Crippen LogP contribution in [0.4, 0.5) is 11.4 Å². The Kier molecular flexibility index (Phi) is 7.75. The van der Waals surface area contributed by atoms with Crippen LogP contribution in [0.15, 0.2) is 101 Å². The Labute approximate surface area is 271 Å². The lowest BCUT2D eigenvalue weighted by Crippen LogP contribution is -2.33. The maximum absolute atomic E-state index is 14.1. The molecule has 3 amide bonds. The molecule has 2 aromatic heterocycles. The van der Waals surface area contributed by atoms with Crippen LogP contribution in [0.1, 0.15) is 33.6 Å². The third-order valence-electron chi connectivity index (χ3n) is 8.09. The molecule has 5 aromatic rings. The number of thiazole rings is 1. The number of nitrogens with zero attached hydrogens (tertiary/aromatic N) is 3. The molecule has 10 nitrogen and oxygen atoms in total. The number of imide groups is 1. The van der Waals surface area contributed by atoms with Gasteiger partial charge in [0.2, 0.25) is 17.7 Å². The maximum Gasteiger partial charge on any atom is 0.338 e. The van der Waals surface area contributed by atoms with E-state index in [1.165, 1.54) is 16.7 Å². The van der Waals surface area contributed by atoms with E-state index in [4.69, 9.17) is 4.74 Å². The molecule has 4 heterocycles. The summed E-state index contributed by atoms with van der Waals surface area (Å²) in [6.07, 6.45) is 3.25. The largest absolute Gasteiger partial charge is 0.462 e. The molecule has 0 spiro atoms. The van der Waals surface area contributed by atoms with Gasteiger partial charge in [-0.2, -0.15) is 0 Å². The lowest BCUT2D eigenvalue weighted by molar-refractivity contribution is -0.122. The maximum atomic E-state index is 14.1. The van der Waals surface area contributed by atoms with Gasteiger partial charge in [0.15, 0.2) is 0 Å². The Hall–Kier alpha value is -5.07. The number of ether oxygens (including phenoxy) is 1. The average molecular weight is 651 g/mol. The molecule has 1 saturated heterocycles. The van der Waals surface area contributed by atoms with E-state index in [1.54, 1.807) is 43.6 Å². The Bertz CT molecular complexity index is 2070. The van der Waals surface area contributed by atoms with Crippen LogP contribution >= 0.6 is 23.1 Å². The highest BCUT2D eigenvalue weighted by Gasteiger charge is 2.57. The Morgan fingerprint density at radius 3 is 2.48 bits per heavy atom. The second kappa shape index (κ2) is 12.0. The number of esters is 1. The normalized spacial score (nSPS) is 18.7. The number of thioether (sulfide) groups is 1. The molecule has 3 atom stereocenters. The predicted molar refractivity (Wildman–Crippen MR) is 175 cm³/mol. The van der Waals surface area contributed by atoms with Gasteiger partial charge >= 0.3 is 10.8 Å². The van der Waals surface area contributed by atoms with Crippen molar-refractivity contribution in [3.8, 4) is 0 Å². The highest BCUT2D eigenvalue weighted by Crippen LogP contribution is 2.53. The SMILES string of the molecule is CCOC(=O)c1ccc(N2C(=O)C3Sc4c(sc(=O)n4CC(=O)Nc4cccc5ccccc45)C(c4cccnc4)C3C2=O)cc1. The van der Waals surface area contributed by atoms with Gasteiger partial charge in [-0.05, 0) is 54.3 Å². The zero-order valence-corrected chi connectivity index (χ0v) is 26.0. The van der Waals surface area contributed by atoms with Crippen molar-refractivity contribution in [1.82, 2.24) is 9.55 Å². The number of rotatable bonds is 7. The van der Waals surface area contributed by atoms with Crippen LogP contribution in [0, 0.1) is 5.92 Å². The lowest BCUT2D eigenvalue weighted by Gasteiger charge is -2.30. The number of nitrogens with one attached hydrogen (secondary N) is 1. The number of carbonyl (C=O) groups excluding carboxylic acids is 4. The summed E-state index contributed by atoms with van der Waals surface area (Å²) in [7, 11) is 0. The third kappa shape index (κ3) is 5.09. The number of fused-ring (bicyclic) bond motifs is 3. The molecule has 1 N–H and O–H groups in total. The Balaban J connectivity index is 1.23. The van der Waals surface area contributed by atoms with Gasteiger partial charge in [0.1, 0.15) is 11.8 Å². The van der Waals surface area contributed by atoms with Crippen molar-refractivity contribution in [1.29, 1.82) is 0 Å². The first kappa shape index (κ1) is 29.6. The van der Waals surface area contributed by atoms with E-state index in [0.29, 0.717) is 32.4 Å². The van der Waals surface area contributed by atoms with E-state index >= 15 is 0 Å². The number of anilines is 2. The van der Waals surface area contributed by atoms with Crippen LogP contribution in [-0.4, -0.2) is 45.1 Å². The molecular formula is C34H26N4O6S2. The molecule has 0 radical (unpaired) electrons. The lowest BCUT2D eigenvalue weighted by atomic mass is 9.84. The zero-order chi connectivity index (χ0) is 31.9. The first-order chi connectivity index (χ1) is 22.4. The van der Waals surface area contributed by atoms with E-state index in [0.717, 1.165) is 38.8 Å². The molecule has 3 aromatic carbocycles. The van der Waals surface area contributed by atoms with Gasteiger partial charge < -0.3 is 10.1 Å². The summed E-state index contributed by atoms with van der Waals surface area (Å²) < 4.78 is 6.44. The van der Waals surface area contributed by atoms with Crippen molar-refractivity contribution in [3.63, 3.8) is 0 Å². The molecule has 46 heavy (non-hydrogen) atoms. The van der Waals surface area contributed by atoms with Gasteiger partial charge in [-0.25, -0.2) is 9.69 Å². The highest BCUT2D eigenvalue weighted by molar-refractivity contribution is 8.00. The van der Waals surface area contributed by atoms with E-state index < -0.39 is 40.8 Å². The minimum atomic E-state index is -0.851. The minimum Gasteiger partial charge on any atom is -0.462 e. The van der Waals surface area contributed by atoms with Crippen LogP contribution in [0.25, 0.3) is 10.8 Å². The molecule has 7 rings (SSSR count). The summed E-state index contributed by atoms with van der Waals surface area (Å²) in [4.78, 5) is 72.7. The van der Waals surface area contributed by atoms with Crippen molar-refractivity contribution in [2.75, 3.05) is 16.8 Å². The van der Waals surface area contributed by atoms with Crippen molar-refractivity contribution in [2.45, 2.75) is 29.7 Å². The highest BCUT2D eigenvalue weighted by atomic mass is 32.2. The number of carbonyl (C=O) groups is 4. The van der Waals surface area contributed by atoms with Gasteiger partial charge in [-0.3, -0.25) is 28.7 Å². The number of hydrogen-bond acceptors (Lipinski definition) is 9. The van der Waals surface area contributed by atoms with Gasteiger partial charge in [-0.15, -0.1) is 0 Å². The summed E-state index contributed by atoms with van der Waals surface area (Å²) in [5.74, 6) is -3.18. The first-order valence-corrected chi connectivity index (χ1v) is 16.3. The van der Waals surface area contributed by atoms with Crippen LogP contribution in [0.2, 0.25) is 0 Å². The number of amides is 3. The number of hydrogen-bond donors (Lipinski definition) is 1. The monoisotopic (exact) mass is 650 g/mol. The second-order valence-corrected chi connectivity index (χ2v) is 12.9. The molecule has 2 aliphatic rings. The van der Waals surface area contributed by atoms with Crippen LogP contribution in [-0.2, 0) is 25.7 Å². The quantitative estimate of drug-likeness (QED) is 0.191. The summed E-state index contributed by atoms with van der Waals surface area (Å²) in [6.45, 7) is 1.67. The fraction of sp³-hybridized carbons (Fsp3) is 0.176. The first-order valence-electron chi connectivity index (χ1n) is 14.6. The molecule has 3 unspecified atom stereocenters. The number of aromatic nitrogens is 2. The van der Waals surface area contributed by atoms with E-state index in [9.17, 15) is 24.0 Å². The van der Waals surface area contributed by atoms with Crippen molar-refractivity contribution >= 4 is 68.9 Å². The fourth-order valence-corrected chi connectivity index (χ4v) is 8.83. The summed E-state index contributed by atoms with van der Waals surface area (Å²) in [5.41, 5.74) is 1.95. The van der Waals surface area contributed by atoms with Crippen molar-refractivity contribution in [3.05, 3.63) is 117 Å². The van der Waals surface area contributed by atoms with E-state index in [2.05, 4.69) is 10.3 Å². The number of benzene rings is 3. The predicted octanol–water partition coefficient (Wildman–Crippen LogP) is 5.07. The van der Waals surface area contributed by atoms with Crippen molar-refractivity contribution < 1.29 is 23.9 Å². The Morgan fingerprint density at radius 1 is 0.935 bits per heavy atom. The van der Waals surface area contributed by atoms with Gasteiger partial charge in [0.25, 0.3) is 0 Å². The minimum absolute atomic E-state index is 0.222. The van der Waals surface area contributed by atoms with Crippen LogP contribution in [0.5, 0.6) is 0 Å². The third-order valence-corrected chi connectivity index (χ3v) is 10.7. The number of pyridine rings is 1. The van der Waals surface area contributed by atoms with Gasteiger partial charge in [0.05, 0.1) is 28.8 Å². The van der Waals surface area contributed by atoms with Gasteiger partial charge in [-0.1, -0.05) is 65.6 Å². The van der Waals surface area contributed by atoms with Crippen LogP contribution in [0.3, 0.4) is 0 Å². The fourth-order valence-electron chi connectivity index (χ4n) is 6.06. The molecule has 0 saturated carbocycles. The van der Waals surface area contributed by atoms with Crippen molar-refractivity contribution in [2.24, 2.45) is 5.92 Å². The topological polar surface area (TPSA) is 128 Å². The summed E-state index contributed by atoms with van der Waals surface area (Å²) in [5, 5.41) is 4.41. The van der Waals surface area contributed by atoms with Crippen LogP contribution < -0.4 is 15.1 Å². The van der Waals surface area contributed by atoms with E-state index in [-0.39, 0.29) is 18.0 Å². The second-order valence-electron chi connectivity index (χ2n) is 10.8. The molecule has 12 heteroatoms. The van der Waals surface area contributed by atoms with E-state index in [1.807, 2.05) is 42.5 Å². The molecule has 0 aliphatic carbocycles. The zero-order valence-electron chi connectivity index (χ0n) is 24.4. The summed E-state index contributed by atoms with van der Waals surface area (Å²) >= 11 is 2.11. The molecule has 2 aliphatic heterocycles. The summed E-state index contributed by atoms with van der Waals surface area (Å²) in [6, 6.07) is 23.0.